The molecule has 5 aromatic rings. The summed E-state index contributed by atoms with van der Waals surface area (Å²) < 4.78 is 3.84. The molecule has 3 aromatic heterocycles. The van der Waals surface area contributed by atoms with Crippen molar-refractivity contribution in [3.8, 4) is 34.0 Å². The second kappa shape index (κ2) is 7.96. The number of rotatable bonds is 6. The van der Waals surface area contributed by atoms with Crippen molar-refractivity contribution < 1.29 is 10.2 Å². The number of aryl methyl sites for hydroxylation is 3. The predicted octanol–water partition coefficient (Wildman–Crippen LogP) is 5.62. The number of para-hydroxylation sites is 1. The smallest absolute Gasteiger partial charge is 0.235 e. The molecule has 3 N–H and O–H groups in total. The van der Waals surface area contributed by atoms with Crippen molar-refractivity contribution >= 4 is 10.9 Å². The minimum absolute atomic E-state index is 0.0920. The molecule has 162 valence electrons. The van der Waals surface area contributed by atoms with Crippen LogP contribution in [0.15, 0.2) is 67.4 Å². The Balaban J connectivity index is 1.67. The number of hydrogen-bond donors (Lipinski definition) is 3. The quantitative estimate of drug-likeness (QED) is 0.330. The molecule has 32 heavy (non-hydrogen) atoms. The Hall–Kier alpha value is -3.93. The van der Waals surface area contributed by atoms with Crippen molar-refractivity contribution in [1.29, 1.82) is 0 Å². The van der Waals surface area contributed by atoms with Crippen molar-refractivity contribution in [3.05, 3.63) is 78.5 Å². The van der Waals surface area contributed by atoms with Crippen LogP contribution in [-0.2, 0) is 13.1 Å². The molecule has 0 aliphatic carbocycles. The maximum absolute atomic E-state index is 11.1. The first-order chi connectivity index (χ1) is 15.5. The van der Waals surface area contributed by atoms with Crippen LogP contribution in [-0.4, -0.2) is 29.3 Å². The molecule has 0 bridgehead atoms. The van der Waals surface area contributed by atoms with E-state index in [1.165, 1.54) is 5.56 Å². The molecule has 0 aliphatic rings. The zero-order valence-electron chi connectivity index (χ0n) is 18.2. The summed E-state index contributed by atoms with van der Waals surface area (Å²) in [4.78, 5) is 7.38. The van der Waals surface area contributed by atoms with E-state index in [9.17, 15) is 10.2 Å². The van der Waals surface area contributed by atoms with Crippen LogP contribution < -0.4 is 0 Å². The third-order valence-electron chi connectivity index (χ3n) is 6.21. The molecular formula is C26H26N4O2. The molecule has 6 heteroatoms. The minimum atomic E-state index is -0.107. The highest BCUT2D eigenvalue weighted by Crippen LogP contribution is 2.49. The summed E-state index contributed by atoms with van der Waals surface area (Å²) in [6.45, 7) is 5.49. The molecule has 0 aliphatic heterocycles. The second-order valence-corrected chi connectivity index (χ2v) is 8.25. The highest BCUT2D eigenvalue weighted by molar-refractivity contribution is 6.02. The van der Waals surface area contributed by atoms with Gasteiger partial charge >= 0.3 is 0 Å². The summed E-state index contributed by atoms with van der Waals surface area (Å²) in [7, 11) is 0. The molecule has 0 saturated carbocycles. The van der Waals surface area contributed by atoms with Gasteiger partial charge in [-0.05, 0) is 49.1 Å². The summed E-state index contributed by atoms with van der Waals surface area (Å²) >= 11 is 0. The molecule has 0 unspecified atom stereocenters. The van der Waals surface area contributed by atoms with E-state index in [-0.39, 0.29) is 11.6 Å². The Morgan fingerprint density at radius 1 is 1.00 bits per heavy atom. The summed E-state index contributed by atoms with van der Waals surface area (Å²) in [5.41, 5.74) is 6.65. The van der Waals surface area contributed by atoms with Crippen LogP contribution in [0.3, 0.4) is 0 Å². The van der Waals surface area contributed by atoms with E-state index < -0.39 is 0 Å². The SMILES string of the molecule is Cc1ccc(-c2c(-c3c[nH]c4ccccc34)c(O)c(O)n2CCCn2ccnc2)cc1C. The molecule has 0 saturated heterocycles. The Morgan fingerprint density at radius 2 is 1.84 bits per heavy atom. The van der Waals surface area contributed by atoms with Gasteiger partial charge in [0.05, 0.1) is 17.6 Å². The Bertz CT molecular complexity index is 1390. The molecule has 0 spiro atoms. The van der Waals surface area contributed by atoms with E-state index in [2.05, 4.69) is 42.0 Å². The summed E-state index contributed by atoms with van der Waals surface area (Å²) in [6.07, 6.45) is 8.15. The summed E-state index contributed by atoms with van der Waals surface area (Å²) in [5, 5.41) is 23.1. The average Bonchev–Trinajstić information content (AvgIpc) is 3.51. The molecule has 6 nitrogen and oxygen atoms in total. The van der Waals surface area contributed by atoms with E-state index in [0.29, 0.717) is 12.1 Å². The largest absolute Gasteiger partial charge is 0.503 e. The zero-order chi connectivity index (χ0) is 22.2. The lowest BCUT2D eigenvalue weighted by Crippen LogP contribution is -2.04. The van der Waals surface area contributed by atoms with E-state index in [4.69, 9.17) is 0 Å². The number of nitrogens with one attached hydrogen (secondary N) is 1. The normalized spacial score (nSPS) is 11.4. The number of nitrogens with zero attached hydrogens (tertiary/aromatic N) is 3. The molecular weight excluding hydrogens is 400 g/mol. The van der Waals surface area contributed by atoms with Gasteiger partial charge in [-0.1, -0.05) is 30.3 Å². The number of benzene rings is 2. The van der Waals surface area contributed by atoms with Crippen LogP contribution in [0, 0.1) is 13.8 Å². The fourth-order valence-corrected chi connectivity index (χ4v) is 4.36. The Labute approximate surface area is 186 Å². The van der Waals surface area contributed by atoms with Gasteiger partial charge < -0.3 is 24.3 Å². The first-order valence-corrected chi connectivity index (χ1v) is 10.8. The lowest BCUT2D eigenvalue weighted by molar-refractivity contribution is 0.369. The van der Waals surface area contributed by atoms with E-state index >= 15 is 0 Å². The minimum Gasteiger partial charge on any atom is -0.503 e. The van der Waals surface area contributed by atoms with Crippen molar-refractivity contribution in [2.75, 3.05) is 0 Å². The maximum atomic E-state index is 11.1. The van der Waals surface area contributed by atoms with Gasteiger partial charge in [0, 0.05) is 48.1 Å². The van der Waals surface area contributed by atoms with Gasteiger partial charge in [-0.2, -0.15) is 0 Å². The number of fused-ring (bicyclic) bond motifs is 1. The van der Waals surface area contributed by atoms with Crippen LogP contribution >= 0.6 is 0 Å². The maximum Gasteiger partial charge on any atom is 0.235 e. The number of aromatic hydroxyl groups is 2. The number of H-pyrrole nitrogens is 1. The van der Waals surface area contributed by atoms with E-state index in [0.717, 1.165) is 46.3 Å². The number of imidazole rings is 1. The third-order valence-corrected chi connectivity index (χ3v) is 6.21. The van der Waals surface area contributed by atoms with Gasteiger partial charge in [-0.15, -0.1) is 0 Å². The molecule has 0 fully saturated rings. The lowest BCUT2D eigenvalue weighted by atomic mass is 9.97. The van der Waals surface area contributed by atoms with Crippen LogP contribution in [0.1, 0.15) is 17.5 Å². The number of aromatic nitrogens is 4. The zero-order valence-corrected chi connectivity index (χ0v) is 18.2. The van der Waals surface area contributed by atoms with Gasteiger partial charge in [0.1, 0.15) is 0 Å². The summed E-state index contributed by atoms with van der Waals surface area (Å²) in [5.74, 6) is -0.199. The third kappa shape index (κ3) is 3.34. The molecule has 0 radical (unpaired) electrons. The first kappa shape index (κ1) is 20.0. The van der Waals surface area contributed by atoms with Gasteiger partial charge in [-0.25, -0.2) is 4.98 Å². The Morgan fingerprint density at radius 3 is 2.62 bits per heavy atom. The highest BCUT2D eigenvalue weighted by atomic mass is 16.3. The number of hydrogen-bond acceptors (Lipinski definition) is 3. The van der Waals surface area contributed by atoms with Gasteiger partial charge in [-0.3, -0.25) is 0 Å². The summed E-state index contributed by atoms with van der Waals surface area (Å²) in [6, 6.07) is 14.3. The highest BCUT2D eigenvalue weighted by Gasteiger charge is 2.26. The van der Waals surface area contributed by atoms with Crippen molar-refractivity contribution in [2.24, 2.45) is 0 Å². The topological polar surface area (TPSA) is 79.0 Å². The van der Waals surface area contributed by atoms with Crippen LogP contribution in [0.25, 0.3) is 33.3 Å². The van der Waals surface area contributed by atoms with Gasteiger partial charge in [0.2, 0.25) is 5.88 Å². The van der Waals surface area contributed by atoms with E-state index in [1.807, 2.05) is 45.8 Å². The Kier molecular flexibility index (Phi) is 4.98. The molecule has 2 aromatic carbocycles. The predicted molar refractivity (Wildman–Crippen MR) is 127 cm³/mol. The molecule has 0 amide bonds. The number of aromatic amines is 1. The van der Waals surface area contributed by atoms with Crippen molar-refractivity contribution in [1.82, 2.24) is 19.1 Å². The van der Waals surface area contributed by atoms with Gasteiger partial charge in [0.15, 0.2) is 5.75 Å². The first-order valence-electron chi connectivity index (χ1n) is 10.8. The fourth-order valence-electron chi connectivity index (χ4n) is 4.36. The molecule has 0 atom stereocenters. The fraction of sp³-hybridized carbons (Fsp3) is 0.192. The van der Waals surface area contributed by atoms with Crippen molar-refractivity contribution in [3.63, 3.8) is 0 Å². The van der Waals surface area contributed by atoms with Crippen LogP contribution in [0.5, 0.6) is 11.6 Å². The monoisotopic (exact) mass is 426 g/mol. The van der Waals surface area contributed by atoms with Crippen LogP contribution in [0.2, 0.25) is 0 Å². The second-order valence-electron chi connectivity index (χ2n) is 8.25. The standard InChI is InChI=1S/C26H26N4O2/c1-17-8-9-19(14-18(17)2)24-23(21-15-28-22-7-4-3-6-20(21)22)25(31)26(32)30(24)12-5-11-29-13-10-27-16-29/h3-4,6-10,13-16,28,31-32H,5,11-12H2,1-2H3. The van der Waals surface area contributed by atoms with E-state index in [1.54, 1.807) is 12.5 Å². The lowest BCUT2D eigenvalue weighted by Gasteiger charge is -2.14. The molecule has 3 heterocycles. The van der Waals surface area contributed by atoms with Crippen molar-refractivity contribution in [2.45, 2.75) is 33.4 Å². The average molecular weight is 427 g/mol. The molecule has 5 rings (SSSR count). The van der Waals surface area contributed by atoms with Crippen LogP contribution in [0.4, 0.5) is 0 Å². The van der Waals surface area contributed by atoms with Gasteiger partial charge in [0.25, 0.3) is 0 Å².